The summed E-state index contributed by atoms with van der Waals surface area (Å²) in [6.45, 7) is 20.2. The highest BCUT2D eigenvalue weighted by molar-refractivity contribution is 6.12. The maximum atomic E-state index is 9.22. The Morgan fingerprint density at radius 1 is 0.351 bits per heavy atom. The first-order chi connectivity index (χ1) is 51.1. The minimum Gasteiger partial charge on any atom is -0.457 e. The number of benzene rings is 12. The number of hydrogen-bond acceptors (Lipinski definition) is 5. The molecule has 7 nitrogen and oxygen atoms in total. The molecular formula is C90H77N5O2. The Morgan fingerprint density at radius 2 is 0.866 bits per heavy atom. The Kier molecular flexibility index (Phi) is 12.3. The van der Waals surface area contributed by atoms with Crippen molar-refractivity contribution in [2.24, 2.45) is 0 Å². The van der Waals surface area contributed by atoms with Crippen LogP contribution in [0.4, 0.5) is 22.7 Å². The molecule has 16 rings (SSSR count). The first-order valence-corrected chi connectivity index (χ1v) is 32.9. The fraction of sp³-hybridized carbons (Fsp3) is 0.144. The van der Waals surface area contributed by atoms with Gasteiger partial charge in [-0.1, -0.05) is 244 Å². The zero-order valence-electron chi connectivity index (χ0n) is 65.7. The molecule has 474 valence electrons. The van der Waals surface area contributed by atoms with E-state index in [9.17, 15) is 5.48 Å². The van der Waals surface area contributed by atoms with Crippen LogP contribution in [0.15, 0.2) is 291 Å². The highest BCUT2D eigenvalue weighted by Crippen LogP contribution is 2.52. The van der Waals surface area contributed by atoms with E-state index in [1.165, 1.54) is 16.7 Å². The van der Waals surface area contributed by atoms with Gasteiger partial charge in [-0.2, -0.15) is 0 Å². The minimum absolute atomic E-state index is 0.0519. The molecule has 4 heterocycles. The fourth-order valence-electron chi connectivity index (χ4n) is 13.7. The quantitative estimate of drug-likeness (QED) is 0.122. The SMILES string of the molecule is [2H]c1c([2H])c([2H])c(-c2cccc(-c3c([2H])c([2H])c([2H])c([2H])c3[2H])c2N2CN(c3cccc(Oc4ccc5c6cc(-n7c8ccccc8c8ccccc87)ccc6n(-c6cc(Oc7c(-c8ccc(C(C)(C)C)cc8)cc(C(C)(C)C)cc7-c7ccc(C(C)(C)C)cc7)ccn6)c5c4)c3)c3ccccc32)c([2H])c1[2H]. The Labute approximate surface area is 582 Å². The fourth-order valence-corrected chi connectivity index (χ4v) is 13.7. The average molecular weight is 1270 g/mol. The lowest BCUT2D eigenvalue weighted by atomic mass is 9.81. The van der Waals surface area contributed by atoms with Crippen LogP contribution in [-0.2, 0) is 16.2 Å². The Bertz CT molecular complexity index is 5870. The molecule has 0 aliphatic carbocycles. The molecule has 0 N–H and O–H groups in total. The summed E-state index contributed by atoms with van der Waals surface area (Å²) < 4.78 is 108. The molecule has 0 atom stereocenters. The second-order valence-electron chi connectivity index (χ2n) is 28.1. The maximum Gasteiger partial charge on any atom is 0.143 e. The summed E-state index contributed by atoms with van der Waals surface area (Å²) in [6, 6.07) is 71.1. The number of aromatic nitrogens is 3. The third-order valence-electron chi connectivity index (χ3n) is 18.8. The molecule has 0 amide bonds. The summed E-state index contributed by atoms with van der Waals surface area (Å²) in [6.07, 6.45) is 1.81. The van der Waals surface area contributed by atoms with Gasteiger partial charge in [0.25, 0.3) is 0 Å². The zero-order valence-corrected chi connectivity index (χ0v) is 55.7. The number of fused-ring (bicyclic) bond motifs is 7. The van der Waals surface area contributed by atoms with Gasteiger partial charge >= 0.3 is 0 Å². The predicted octanol–water partition coefficient (Wildman–Crippen LogP) is 24.7. The molecule has 0 saturated heterocycles. The van der Waals surface area contributed by atoms with Crippen molar-refractivity contribution in [1.29, 1.82) is 0 Å². The Hall–Kier alpha value is -11.4. The maximum absolute atomic E-state index is 9.22. The molecular weight excluding hydrogens is 1180 g/mol. The molecule has 7 heteroatoms. The largest absolute Gasteiger partial charge is 0.457 e. The Balaban J connectivity index is 0.829. The summed E-state index contributed by atoms with van der Waals surface area (Å²) in [7, 11) is 0. The molecule has 0 radical (unpaired) electrons. The monoisotopic (exact) mass is 1270 g/mol. The van der Waals surface area contributed by atoms with E-state index in [4.69, 9.17) is 22.7 Å². The van der Waals surface area contributed by atoms with Gasteiger partial charge in [0.05, 0.1) is 52.8 Å². The minimum atomic E-state index is -0.564. The van der Waals surface area contributed by atoms with E-state index in [-0.39, 0.29) is 50.9 Å². The number of hydrogen-bond donors (Lipinski definition) is 0. The number of nitrogens with zero attached hydrogens (tertiary/aromatic N) is 5. The topological polar surface area (TPSA) is 47.7 Å². The molecule has 97 heavy (non-hydrogen) atoms. The summed E-state index contributed by atoms with van der Waals surface area (Å²) >= 11 is 0. The van der Waals surface area contributed by atoms with Gasteiger partial charge in [-0.15, -0.1) is 0 Å². The van der Waals surface area contributed by atoms with E-state index < -0.39 is 60.4 Å². The van der Waals surface area contributed by atoms with Gasteiger partial charge in [0.1, 0.15) is 35.5 Å². The molecule has 3 aromatic heterocycles. The molecule has 1 aliphatic rings. The van der Waals surface area contributed by atoms with E-state index in [1.54, 1.807) is 18.2 Å². The molecule has 0 fully saturated rings. The van der Waals surface area contributed by atoms with Crippen LogP contribution in [0.2, 0.25) is 0 Å². The summed E-state index contributed by atoms with van der Waals surface area (Å²) in [5, 5.41) is 4.26. The number of rotatable bonds is 12. The van der Waals surface area contributed by atoms with Crippen LogP contribution < -0.4 is 19.3 Å². The van der Waals surface area contributed by atoms with E-state index in [0.717, 1.165) is 83.0 Å². The van der Waals surface area contributed by atoms with E-state index >= 15 is 0 Å². The molecule has 0 bridgehead atoms. The summed E-state index contributed by atoms with van der Waals surface area (Å²) in [5.41, 5.74) is 14.8. The number of pyridine rings is 1. The lowest BCUT2D eigenvalue weighted by Crippen LogP contribution is -2.24. The third kappa shape index (κ3) is 11.1. The van der Waals surface area contributed by atoms with Gasteiger partial charge in [0.2, 0.25) is 0 Å². The summed E-state index contributed by atoms with van der Waals surface area (Å²) in [4.78, 5) is 9.15. The number of anilines is 4. The van der Waals surface area contributed by atoms with Crippen molar-refractivity contribution in [2.75, 3.05) is 16.5 Å². The van der Waals surface area contributed by atoms with Crippen LogP contribution in [0, 0.1) is 0 Å². The molecule has 0 spiro atoms. The third-order valence-corrected chi connectivity index (χ3v) is 18.8. The van der Waals surface area contributed by atoms with Crippen molar-refractivity contribution in [3.8, 4) is 79.0 Å². The predicted molar refractivity (Wildman–Crippen MR) is 406 cm³/mol. The highest BCUT2D eigenvalue weighted by atomic mass is 16.5. The van der Waals surface area contributed by atoms with Gasteiger partial charge in [0.15, 0.2) is 0 Å². The smallest absolute Gasteiger partial charge is 0.143 e. The number of ether oxygens (including phenoxy) is 2. The van der Waals surface area contributed by atoms with Crippen molar-refractivity contribution in [3.63, 3.8) is 0 Å². The summed E-state index contributed by atoms with van der Waals surface area (Å²) in [5.74, 6) is 2.97. The van der Waals surface area contributed by atoms with E-state index in [0.29, 0.717) is 34.4 Å². The Morgan fingerprint density at radius 3 is 1.45 bits per heavy atom. The van der Waals surface area contributed by atoms with Crippen molar-refractivity contribution >= 4 is 66.4 Å². The van der Waals surface area contributed by atoms with Gasteiger partial charge < -0.3 is 23.8 Å². The van der Waals surface area contributed by atoms with E-state index in [2.05, 4.69) is 210 Å². The van der Waals surface area contributed by atoms with E-state index in [1.807, 2.05) is 83.9 Å². The average Bonchev–Trinajstić information content (AvgIpc) is 1.29. The molecule has 0 saturated carbocycles. The van der Waals surface area contributed by atoms with Gasteiger partial charge in [0, 0.05) is 79.6 Å². The van der Waals surface area contributed by atoms with Crippen LogP contribution in [0.5, 0.6) is 23.0 Å². The second-order valence-corrected chi connectivity index (χ2v) is 28.1. The zero-order chi connectivity index (χ0) is 75.0. The first-order valence-electron chi connectivity index (χ1n) is 37.9. The molecule has 1 aliphatic heterocycles. The highest BCUT2D eigenvalue weighted by Gasteiger charge is 2.32. The van der Waals surface area contributed by atoms with Crippen molar-refractivity contribution in [2.45, 2.75) is 78.6 Å². The van der Waals surface area contributed by atoms with Crippen LogP contribution in [0.1, 0.15) is 92.7 Å². The van der Waals surface area contributed by atoms with Gasteiger partial charge in [-0.05, 0) is 140 Å². The van der Waals surface area contributed by atoms with Gasteiger partial charge in [-0.25, -0.2) is 4.98 Å². The molecule has 0 unspecified atom stereocenters. The van der Waals surface area contributed by atoms with Crippen molar-refractivity contribution in [3.05, 3.63) is 308 Å². The second kappa shape index (κ2) is 23.8. The lowest BCUT2D eigenvalue weighted by molar-refractivity contribution is 0.483. The van der Waals surface area contributed by atoms with Crippen LogP contribution in [0.3, 0.4) is 0 Å². The first kappa shape index (κ1) is 50.1. The number of para-hydroxylation sites is 5. The molecule has 12 aromatic carbocycles. The normalized spacial score (nSPS) is 14.2. The van der Waals surface area contributed by atoms with Crippen LogP contribution in [0.25, 0.3) is 99.6 Å². The lowest BCUT2D eigenvalue weighted by Gasteiger charge is -2.27. The van der Waals surface area contributed by atoms with Crippen LogP contribution in [-0.4, -0.2) is 20.8 Å². The molecule has 15 aromatic rings. The van der Waals surface area contributed by atoms with Crippen molar-refractivity contribution in [1.82, 2.24) is 14.1 Å². The standard InChI is InChI=1S/C90H77N5O2/c1-88(2,3)63-42-38-61(39-43-63)76-52-65(90(7,8)9)53-77(62-40-44-64(45-41-62)89(4,5)6)87(76)97-70-50-51-91-85(57-70)95-81-49-46-67(94-79-34-18-16-30-73(79)74-31-17-19-35-80(74)94)55-78(81)75-48-47-69(56-84(75)95)96-68-29-22-28-66(54-68)92-58-93(83-37-21-20-36-82(83)92)86-71(59-24-12-10-13-25-59)32-23-33-72(86)60-26-14-11-15-27-60/h10-57H,58H2,1-9H3/i10D,11D,12D,13D,14D,15D,24D,25D,26D,27D. The van der Waals surface area contributed by atoms with Crippen LogP contribution >= 0.6 is 0 Å². The van der Waals surface area contributed by atoms with Crippen molar-refractivity contribution < 1.29 is 23.2 Å². The van der Waals surface area contributed by atoms with Gasteiger partial charge in [-0.3, -0.25) is 4.57 Å².